The number of carbonyl (C=O) groups excluding carboxylic acids is 1. The summed E-state index contributed by atoms with van der Waals surface area (Å²) in [5, 5.41) is -5.31. The molecule has 15 nitrogen and oxygen atoms in total. The van der Waals surface area contributed by atoms with Crippen molar-refractivity contribution < 1.29 is 23.7 Å². The number of hydrogen-bond acceptors (Lipinski definition) is 25. The van der Waals surface area contributed by atoms with E-state index >= 15 is 4.79 Å². The van der Waals surface area contributed by atoms with E-state index in [1.807, 2.05) is 62.1 Å². The van der Waals surface area contributed by atoms with Crippen LogP contribution in [0.3, 0.4) is 0 Å². The SMILES string of the molecule is COC1=CC(C2N=CCS2)C(C2N=CCS2)(C2N=CCS2)C(OC)(C2N=CCS2)C1(C(=O)C1(C2N=CCS2)C(OC)=CC(C2N=CCS2)C(C2N=CCS2)(C2N=CCS2)C1(OC)C1N=CCS1)C1N=CCS1. The predicted octanol–water partition coefficient (Wildman–Crippen LogP) is 7.03. The molecular weight excluding hydrogens is 1110 g/mol. The zero-order valence-corrected chi connectivity index (χ0v) is 48.2. The fourth-order valence-electron chi connectivity index (χ4n) is 14.1. The number of thioether (sulfide) groups is 10. The lowest BCUT2D eigenvalue weighted by Crippen LogP contribution is -2.85. The molecule has 0 N–H and O–H groups in total. The smallest absolute Gasteiger partial charge is 0.172 e. The highest BCUT2D eigenvalue weighted by atomic mass is 32.2. The van der Waals surface area contributed by atoms with Crippen molar-refractivity contribution >= 4 is 186 Å². The number of carbonyl (C=O) groups is 1. The third-order valence-electron chi connectivity index (χ3n) is 16.2. The minimum absolute atomic E-state index is 0.230. The molecule has 2 aliphatic carbocycles. The molecule has 72 heavy (non-hydrogen) atoms. The fraction of sp³-hybridized carbons (Fsp3) is 0.681. The highest BCUT2D eigenvalue weighted by Crippen LogP contribution is 2.79. The Kier molecular flexibility index (Phi) is 15.0. The van der Waals surface area contributed by atoms with Gasteiger partial charge in [0.25, 0.3) is 0 Å². The minimum Gasteiger partial charge on any atom is -0.500 e. The summed E-state index contributed by atoms with van der Waals surface area (Å²) in [5.41, 5.74) is -9.14. The largest absolute Gasteiger partial charge is 0.500 e. The van der Waals surface area contributed by atoms with Crippen molar-refractivity contribution in [2.75, 3.05) is 86.0 Å². The molecule has 0 aromatic carbocycles. The van der Waals surface area contributed by atoms with Crippen LogP contribution in [0.15, 0.2) is 73.6 Å². The molecule has 16 atom stereocenters. The van der Waals surface area contributed by atoms with Crippen LogP contribution in [0.4, 0.5) is 0 Å². The minimum atomic E-state index is -1.83. The molecular formula is C47H56N10O5S10. The van der Waals surface area contributed by atoms with Crippen molar-refractivity contribution in [2.45, 2.75) is 64.9 Å². The van der Waals surface area contributed by atoms with Gasteiger partial charge in [-0.25, -0.2) is 0 Å². The number of Topliss-reactive ketones (excluding diaryl/α,β-unsaturated/α-hetero) is 1. The molecule has 0 saturated carbocycles. The van der Waals surface area contributed by atoms with Gasteiger partial charge in [-0.05, 0) is 12.2 Å². The summed E-state index contributed by atoms with van der Waals surface area (Å²) in [4.78, 5) is 74.2. The molecule has 384 valence electrons. The second kappa shape index (κ2) is 20.9. The van der Waals surface area contributed by atoms with Gasteiger partial charge in [0.15, 0.2) is 16.6 Å². The molecule has 25 heteroatoms. The normalized spacial score (nSPS) is 47.6. The van der Waals surface area contributed by atoms with E-state index in [-0.39, 0.29) is 16.5 Å². The van der Waals surface area contributed by atoms with Crippen molar-refractivity contribution in [3.8, 4) is 0 Å². The topological polar surface area (TPSA) is 178 Å². The lowest BCUT2D eigenvalue weighted by Gasteiger charge is -2.71. The zero-order chi connectivity index (χ0) is 49.2. The number of ketones is 1. The van der Waals surface area contributed by atoms with Crippen molar-refractivity contribution in [2.24, 2.45) is 83.4 Å². The van der Waals surface area contributed by atoms with E-state index in [2.05, 4.69) is 12.2 Å². The summed E-state index contributed by atoms with van der Waals surface area (Å²) in [6.07, 6.45) is 24.5. The Hall–Kier alpha value is -1.13. The molecule has 0 radical (unpaired) electrons. The summed E-state index contributed by atoms with van der Waals surface area (Å²) >= 11 is 17.3. The number of nitrogens with zero attached hydrogens (tertiary/aromatic N) is 10. The molecule has 0 fully saturated rings. The van der Waals surface area contributed by atoms with E-state index in [0.717, 1.165) is 11.5 Å². The Labute approximate surface area is 463 Å². The highest BCUT2D eigenvalue weighted by molar-refractivity contribution is 8.03. The van der Waals surface area contributed by atoms with Crippen molar-refractivity contribution in [1.29, 1.82) is 0 Å². The lowest BCUT2D eigenvalue weighted by molar-refractivity contribution is -0.244. The third-order valence-corrected chi connectivity index (χ3v) is 27.6. The Morgan fingerprint density at radius 1 is 0.389 bits per heavy atom. The monoisotopic (exact) mass is 1160 g/mol. The summed E-state index contributed by atoms with van der Waals surface area (Å²) in [6.45, 7) is 0. The van der Waals surface area contributed by atoms with Crippen LogP contribution in [0.25, 0.3) is 0 Å². The van der Waals surface area contributed by atoms with Crippen LogP contribution < -0.4 is 0 Å². The maximum Gasteiger partial charge on any atom is 0.172 e. The molecule has 16 unspecified atom stereocenters. The van der Waals surface area contributed by atoms with Gasteiger partial charge >= 0.3 is 0 Å². The number of hydrogen-bond donors (Lipinski definition) is 0. The molecule has 0 aromatic heterocycles. The average molecular weight is 1160 g/mol. The second-order valence-corrected chi connectivity index (χ2v) is 29.7. The molecule has 10 aliphatic heterocycles. The van der Waals surface area contributed by atoms with Crippen molar-refractivity contribution in [3.05, 3.63) is 23.7 Å². The standard InChI is InChI=1S/C47H56N10O5S10/c1-59-29-25-27(31-48-5-15-63-31)42(34-50-7-17-65-34,35-51-8-18-66-35)46(61-3,40-56-13-23-71-40)44(29,38-54-11-21-69-38)33(58)45(39-55-12-22-70-39)30(60-2)26-28(32-49-6-16-64-32)43(36-52-9-19-67-36,37-53-10-20-68-37)47(45,62-4)41-57-14-24-72-41/h5-14,25-28,31-32,34-41H,15-24H2,1-4H3. The number of rotatable bonds is 16. The van der Waals surface area contributed by atoms with Gasteiger partial charge in [0, 0.05) is 146 Å². The molecule has 12 rings (SSSR count). The molecule has 10 heterocycles. The van der Waals surface area contributed by atoms with E-state index in [1.165, 1.54) is 0 Å². The van der Waals surface area contributed by atoms with Gasteiger partial charge in [-0.1, -0.05) is 0 Å². The van der Waals surface area contributed by atoms with Crippen LogP contribution in [0, 0.1) is 33.5 Å². The van der Waals surface area contributed by atoms with Crippen LogP contribution in [0.5, 0.6) is 0 Å². The van der Waals surface area contributed by atoms with Gasteiger partial charge in [-0.3, -0.25) is 54.7 Å². The van der Waals surface area contributed by atoms with E-state index in [0.29, 0.717) is 57.5 Å². The Morgan fingerprint density at radius 2 is 0.653 bits per heavy atom. The van der Waals surface area contributed by atoms with Gasteiger partial charge < -0.3 is 18.9 Å². The van der Waals surface area contributed by atoms with E-state index < -0.39 is 87.7 Å². The highest BCUT2D eigenvalue weighted by Gasteiger charge is 2.90. The van der Waals surface area contributed by atoms with Gasteiger partial charge in [0.05, 0.1) is 25.0 Å². The second-order valence-electron chi connectivity index (χ2n) is 18.5. The zero-order valence-electron chi connectivity index (χ0n) is 40.0. The molecule has 0 bridgehead atoms. The third kappa shape index (κ3) is 6.87. The number of aliphatic imine (C=N–C) groups is 10. The van der Waals surface area contributed by atoms with E-state index in [9.17, 15) is 0 Å². The Balaban J connectivity index is 1.29. The quantitative estimate of drug-likeness (QED) is 0.154. The number of methoxy groups -OCH3 is 4. The maximum absolute atomic E-state index is 19.5. The molecule has 0 saturated heterocycles. The first kappa shape index (κ1) is 51.6. The Bertz CT molecular complexity index is 2320. The number of ether oxygens (including phenoxy) is 4. The van der Waals surface area contributed by atoms with E-state index in [1.54, 1.807) is 146 Å². The average Bonchev–Trinajstić information content (AvgIpc) is 4.25. The molecule has 0 spiro atoms. The predicted molar refractivity (Wildman–Crippen MR) is 319 cm³/mol. The van der Waals surface area contributed by atoms with Crippen LogP contribution in [-0.2, 0) is 23.7 Å². The first-order valence-corrected chi connectivity index (χ1v) is 34.4. The van der Waals surface area contributed by atoms with Gasteiger partial charge in [0.1, 0.15) is 76.5 Å². The van der Waals surface area contributed by atoms with Gasteiger partial charge in [0.2, 0.25) is 0 Å². The lowest BCUT2D eigenvalue weighted by atomic mass is 9.40. The van der Waals surface area contributed by atoms with Crippen LogP contribution in [-0.4, -0.2) is 219 Å². The van der Waals surface area contributed by atoms with Crippen LogP contribution >= 0.6 is 118 Å². The summed E-state index contributed by atoms with van der Waals surface area (Å²) in [6, 6.07) is 0. The van der Waals surface area contributed by atoms with Crippen molar-refractivity contribution in [1.82, 2.24) is 0 Å². The first-order valence-electron chi connectivity index (χ1n) is 23.9. The molecule has 0 amide bonds. The summed E-state index contributed by atoms with van der Waals surface area (Å²) in [7, 11) is 6.98. The first-order chi connectivity index (χ1) is 35.4. The van der Waals surface area contributed by atoms with Gasteiger partial charge in [-0.2, -0.15) is 0 Å². The summed E-state index contributed by atoms with van der Waals surface area (Å²) in [5.74, 6) is 6.42. The fourth-order valence-corrected chi connectivity index (χ4v) is 26.3. The summed E-state index contributed by atoms with van der Waals surface area (Å²) < 4.78 is 30.0. The van der Waals surface area contributed by atoms with Crippen molar-refractivity contribution in [3.63, 3.8) is 0 Å². The molecule has 12 aliphatic rings. The Morgan fingerprint density at radius 3 is 0.889 bits per heavy atom. The maximum atomic E-state index is 19.5. The van der Waals surface area contributed by atoms with Crippen LogP contribution in [0.2, 0.25) is 0 Å². The van der Waals surface area contributed by atoms with E-state index in [4.69, 9.17) is 68.9 Å². The van der Waals surface area contributed by atoms with Crippen LogP contribution in [0.1, 0.15) is 0 Å². The van der Waals surface area contributed by atoms with Gasteiger partial charge in [-0.15, -0.1) is 118 Å². The molecule has 0 aromatic rings.